The highest BCUT2D eigenvalue weighted by molar-refractivity contribution is 7.89. The van der Waals surface area contributed by atoms with Crippen LogP contribution >= 0.6 is 11.3 Å². The van der Waals surface area contributed by atoms with E-state index in [-0.39, 0.29) is 4.21 Å². The number of thiophene rings is 1. The molecule has 1 aromatic heterocycles. The van der Waals surface area contributed by atoms with E-state index in [9.17, 15) is 8.42 Å². The van der Waals surface area contributed by atoms with E-state index in [1.807, 2.05) is 6.92 Å². The van der Waals surface area contributed by atoms with E-state index >= 15 is 0 Å². The first kappa shape index (κ1) is 9.70. The van der Waals surface area contributed by atoms with Crippen LogP contribution in [0.2, 0.25) is 0 Å². The minimum Gasteiger partial charge on any atom is -0.269 e. The Morgan fingerprint density at radius 1 is 1.50 bits per heavy atom. The van der Waals surface area contributed by atoms with E-state index in [0.717, 1.165) is 11.3 Å². The third-order valence-corrected chi connectivity index (χ3v) is 4.41. The molecule has 0 aliphatic carbocycles. The Labute approximate surface area is 76.1 Å². The summed E-state index contributed by atoms with van der Waals surface area (Å²) in [4.78, 5) is 1.05. The first-order valence-electron chi connectivity index (χ1n) is 3.49. The molecule has 0 aliphatic heterocycles. The molecule has 0 saturated heterocycles. The predicted octanol–water partition coefficient (Wildman–Crippen LogP) is 1.65. The van der Waals surface area contributed by atoms with E-state index in [2.05, 4.69) is 4.18 Å². The second-order valence-electron chi connectivity index (χ2n) is 2.20. The van der Waals surface area contributed by atoms with Crippen LogP contribution in [0.25, 0.3) is 0 Å². The average Bonchev–Trinajstić information content (AvgIpc) is 2.52. The Balaban J connectivity index is 3.05. The molecule has 1 rings (SSSR count). The summed E-state index contributed by atoms with van der Waals surface area (Å²) >= 11 is 1.25. The maximum atomic E-state index is 11.1. The smallest absolute Gasteiger partial charge is 0.269 e. The molecule has 0 unspecified atom stereocenters. The van der Waals surface area contributed by atoms with E-state index in [4.69, 9.17) is 0 Å². The minimum absolute atomic E-state index is 0.279. The maximum Gasteiger partial charge on any atom is 0.306 e. The molecule has 68 valence electrons. The normalized spacial score (nSPS) is 11.8. The fraction of sp³-hybridized carbons (Fsp3) is 0.429. The van der Waals surface area contributed by atoms with Gasteiger partial charge in [0.1, 0.15) is 4.21 Å². The summed E-state index contributed by atoms with van der Waals surface area (Å²) in [5, 5.41) is 0. The van der Waals surface area contributed by atoms with Crippen LogP contribution in [-0.2, 0) is 20.7 Å². The van der Waals surface area contributed by atoms with Gasteiger partial charge in [-0.2, -0.15) is 8.42 Å². The molecule has 3 nitrogen and oxygen atoms in total. The molecule has 0 N–H and O–H groups in total. The monoisotopic (exact) mass is 206 g/mol. The van der Waals surface area contributed by atoms with Gasteiger partial charge in [0.25, 0.3) is 0 Å². The molecule has 0 atom stereocenters. The van der Waals surface area contributed by atoms with Gasteiger partial charge in [-0.1, -0.05) is 6.92 Å². The lowest BCUT2D eigenvalue weighted by Crippen LogP contribution is -1.99. The first-order valence-corrected chi connectivity index (χ1v) is 5.72. The Morgan fingerprint density at radius 3 is 2.58 bits per heavy atom. The van der Waals surface area contributed by atoms with Gasteiger partial charge < -0.3 is 0 Å². The Bertz CT molecular complexity index is 350. The highest BCUT2D eigenvalue weighted by atomic mass is 32.3. The molecule has 1 aromatic rings. The lowest BCUT2D eigenvalue weighted by molar-refractivity contribution is 0.399. The van der Waals surface area contributed by atoms with Crippen LogP contribution in [0.15, 0.2) is 16.3 Å². The van der Waals surface area contributed by atoms with Crippen molar-refractivity contribution < 1.29 is 12.6 Å². The molecular formula is C7H10O3S2. The van der Waals surface area contributed by atoms with E-state index in [1.165, 1.54) is 18.4 Å². The third-order valence-electron chi connectivity index (χ3n) is 1.45. The lowest BCUT2D eigenvalue weighted by Gasteiger charge is -1.94. The van der Waals surface area contributed by atoms with Gasteiger partial charge in [-0.3, -0.25) is 4.18 Å². The van der Waals surface area contributed by atoms with Gasteiger partial charge in [-0.05, 0) is 18.6 Å². The lowest BCUT2D eigenvalue weighted by atomic mass is 10.4. The number of rotatable bonds is 3. The van der Waals surface area contributed by atoms with Gasteiger partial charge in [0.05, 0.1) is 7.11 Å². The maximum absolute atomic E-state index is 11.1. The Kier molecular flexibility index (Phi) is 2.87. The SMILES string of the molecule is CCc1ccc(S(=O)(=O)OC)s1. The minimum atomic E-state index is -3.47. The summed E-state index contributed by atoms with van der Waals surface area (Å²) in [5.41, 5.74) is 0. The zero-order chi connectivity index (χ0) is 9.19. The summed E-state index contributed by atoms with van der Waals surface area (Å²) in [6, 6.07) is 3.37. The van der Waals surface area contributed by atoms with E-state index < -0.39 is 10.1 Å². The summed E-state index contributed by atoms with van der Waals surface area (Å²) in [7, 11) is -2.30. The van der Waals surface area contributed by atoms with Crippen molar-refractivity contribution >= 4 is 21.5 Å². The molecule has 0 spiro atoms. The quantitative estimate of drug-likeness (QED) is 0.706. The molecule has 0 aromatic carbocycles. The van der Waals surface area contributed by atoms with E-state index in [1.54, 1.807) is 12.1 Å². The van der Waals surface area contributed by atoms with Gasteiger partial charge >= 0.3 is 10.1 Å². The average molecular weight is 206 g/mol. The predicted molar refractivity (Wildman–Crippen MR) is 47.9 cm³/mol. The van der Waals surface area contributed by atoms with Crippen molar-refractivity contribution in [3.8, 4) is 0 Å². The highest BCUT2D eigenvalue weighted by Crippen LogP contribution is 2.22. The van der Waals surface area contributed by atoms with Crippen LogP contribution in [0.1, 0.15) is 11.8 Å². The largest absolute Gasteiger partial charge is 0.306 e. The van der Waals surface area contributed by atoms with Gasteiger partial charge in [0, 0.05) is 4.88 Å². The molecular weight excluding hydrogens is 196 g/mol. The Morgan fingerprint density at radius 2 is 2.17 bits per heavy atom. The van der Waals surface area contributed by atoms with E-state index in [0.29, 0.717) is 0 Å². The standard InChI is InChI=1S/C7H10O3S2/c1-3-6-4-5-7(11-6)12(8,9)10-2/h4-5H,3H2,1-2H3. The fourth-order valence-electron chi connectivity index (χ4n) is 0.765. The summed E-state index contributed by atoms with van der Waals surface area (Å²) in [5.74, 6) is 0. The van der Waals surface area contributed by atoms with Crippen molar-refractivity contribution in [2.45, 2.75) is 17.6 Å². The van der Waals surface area contributed by atoms with Crippen LogP contribution in [0.3, 0.4) is 0 Å². The number of hydrogen-bond acceptors (Lipinski definition) is 4. The van der Waals surface area contributed by atoms with Gasteiger partial charge in [-0.25, -0.2) is 0 Å². The zero-order valence-corrected chi connectivity index (χ0v) is 8.54. The zero-order valence-electron chi connectivity index (χ0n) is 6.90. The van der Waals surface area contributed by atoms with Crippen LogP contribution in [0.5, 0.6) is 0 Å². The summed E-state index contributed by atoms with van der Waals surface area (Å²) < 4.78 is 26.9. The van der Waals surface area contributed by atoms with Gasteiger partial charge in [-0.15, -0.1) is 11.3 Å². The topological polar surface area (TPSA) is 43.4 Å². The van der Waals surface area contributed by atoms with Crippen molar-refractivity contribution in [2.24, 2.45) is 0 Å². The number of aryl methyl sites for hydroxylation is 1. The molecule has 0 saturated carbocycles. The van der Waals surface area contributed by atoms with Crippen molar-refractivity contribution in [1.29, 1.82) is 0 Å². The van der Waals surface area contributed by atoms with Crippen LogP contribution in [-0.4, -0.2) is 15.5 Å². The summed E-state index contributed by atoms with van der Waals surface area (Å²) in [6.45, 7) is 1.98. The highest BCUT2D eigenvalue weighted by Gasteiger charge is 2.14. The second-order valence-corrected chi connectivity index (χ2v) is 5.30. The van der Waals surface area contributed by atoms with Crippen molar-refractivity contribution in [3.63, 3.8) is 0 Å². The van der Waals surface area contributed by atoms with Crippen molar-refractivity contribution in [3.05, 3.63) is 17.0 Å². The van der Waals surface area contributed by atoms with Crippen molar-refractivity contribution in [1.82, 2.24) is 0 Å². The molecule has 0 radical (unpaired) electrons. The molecule has 12 heavy (non-hydrogen) atoms. The first-order chi connectivity index (χ1) is 5.60. The van der Waals surface area contributed by atoms with Crippen LogP contribution < -0.4 is 0 Å². The molecule has 0 amide bonds. The molecule has 0 bridgehead atoms. The van der Waals surface area contributed by atoms with Crippen LogP contribution in [0, 0.1) is 0 Å². The number of hydrogen-bond donors (Lipinski definition) is 0. The fourth-order valence-corrected chi connectivity index (χ4v) is 2.77. The molecule has 5 heteroatoms. The molecule has 1 heterocycles. The third kappa shape index (κ3) is 1.85. The summed E-state index contributed by atoms with van der Waals surface area (Å²) in [6.07, 6.45) is 0.851. The van der Waals surface area contributed by atoms with Crippen LogP contribution in [0.4, 0.5) is 0 Å². The second kappa shape index (κ2) is 3.55. The molecule has 0 fully saturated rings. The Hall–Kier alpha value is -0.390. The van der Waals surface area contributed by atoms with Gasteiger partial charge in [0.15, 0.2) is 0 Å². The van der Waals surface area contributed by atoms with Crippen molar-refractivity contribution in [2.75, 3.05) is 7.11 Å². The molecule has 0 aliphatic rings. The van der Waals surface area contributed by atoms with Gasteiger partial charge in [0.2, 0.25) is 0 Å².